The van der Waals surface area contributed by atoms with Gasteiger partial charge in [-0.15, -0.1) is 0 Å². The van der Waals surface area contributed by atoms with E-state index in [0.717, 1.165) is 11.8 Å². The van der Waals surface area contributed by atoms with E-state index in [1.165, 1.54) is 17.0 Å². The van der Waals surface area contributed by atoms with E-state index in [1.807, 2.05) is 4.90 Å². The third-order valence-electron chi connectivity index (χ3n) is 3.95. The summed E-state index contributed by atoms with van der Waals surface area (Å²) in [6.07, 6.45) is -0.0928. The Morgan fingerprint density at radius 3 is 2.80 bits per heavy atom. The van der Waals surface area contributed by atoms with Crippen LogP contribution in [0.4, 0.5) is 10.5 Å². The van der Waals surface area contributed by atoms with Crippen LogP contribution in [-0.4, -0.2) is 70.2 Å². The van der Waals surface area contributed by atoms with Crippen LogP contribution in [-0.2, 0) is 14.3 Å². The molecular formula is C16H19N3O5S. The maximum atomic E-state index is 12.4. The zero-order valence-corrected chi connectivity index (χ0v) is 14.3. The van der Waals surface area contributed by atoms with Crippen LogP contribution in [0.15, 0.2) is 24.3 Å². The molecule has 2 saturated heterocycles. The lowest BCUT2D eigenvalue weighted by Crippen LogP contribution is -2.46. The molecular weight excluding hydrogens is 346 g/mol. The Kier molecular flexibility index (Phi) is 5.57. The van der Waals surface area contributed by atoms with Crippen molar-refractivity contribution in [1.29, 1.82) is 0 Å². The zero-order chi connectivity index (χ0) is 17.8. The quantitative estimate of drug-likeness (QED) is 0.805. The first-order valence-corrected chi connectivity index (χ1v) is 8.82. The van der Waals surface area contributed by atoms with Gasteiger partial charge in [0.15, 0.2) is 0 Å². The van der Waals surface area contributed by atoms with E-state index in [-0.39, 0.29) is 35.9 Å². The maximum Gasteiger partial charge on any atom is 0.290 e. The number of carbonyl (C=O) groups is 3. The summed E-state index contributed by atoms with van der Waals surface area (Å²) < 4.78 is 5.25. The minimum Gasteiger partial charge on any atom is -0.508 e. The van der Waals surface area contributed by atoms with Crippen LogP contribution in [0.3, 0.4) is 0 Å². The molecule has 0 aromatic heterocycles. The molecule has 0 saturated carbocycles. The molecule has 3 amide bonds. The molecule has 9 heteroatoms. The van der Waals surface area contributed by atoms with Crippen LogP contribution in [0.1, 0.15) is 6.42 Å². The lowest BCUT2D eigenvalue weighted by molar-refractivity contribution is -0.130. The maximum absolute atomic E-state index is 12.4. The summed E-state index contributed by atoms with van der Waals surface area (Å²) in [5, 5.41) is 11.0. The Labute approximate surface area is 149 Å². The minimum absolute atomic E-state index is 0.0379. The standard InChI is InChI=1S/C16H19N3O5S/c20-12-3-1-2-11(8-12)17-14(21)9-13-15(22)19(16(23)25-13)10-18-4-6-24-7-5-18/h1-3,8,13,20H,4-7,9-10H2,(H,17,21)/t13-/m0/s1. The highest BCUT2D eigenvalue weighted by Crippen LogP contribution is 2.30. The second kappa shape index (κ2) is 7.85. The topological polar surface area (TPSA) is 99.2 Å². The van der Waals surface area contributed by atoms with E-state index in [0.29, 0.717) is 32.0 Å². The Morgan fingerprint density at radius 1 is 1.32 bits per heavy atom. The van der Waals surface area contributed by atoms with E-state index in [1.54, 1.807) is 12.1 Å². The van der Waals surface area contributed by atoms with Crippen molar-refractivity contribution >= 4 is 34.5 Å². The van der Waals surface area contributed by atoms with Gasteiger partial charge in [-0.25, -0.2) is 0 Å². The van der Waals surface area contributed by atoms with Gasteiger partial charge in [0.05, 0.1) is 19.9 Å². The third-order valence-corrected chi connectivity index (χ3v) is 5.03. The molecule has 0 unspecified atom stereocenters. The van der Waals surface area contributed by atoms with Gasteiger partial charge in [-0.2, -0.15) is 0 Å². The largest absolute Gasteiger partial charge is 0.508 e. The fraction of sp³-hybridized carbons (Fsp3) is 0.438. The molecule has 2 aliphatic rings. The van der Waals surface area contributed by atoms with Crippen LogP contribution >= 0.6 is 11.8 Å². The average Bonchev–Trinajstić information content (AvgIpc) is 2.83. The highest BCUT2D eigenvalue weighted by atomic mass is 32.2. The Hall–Kier alpha value is -2.10. The van der Waals surface area contributed by atoms with Gasteiger partial charge < -0.3 is 15.2 Å². The van der Waals surface area contributed by atoms with Gasteiger partial charge in [0, 0.05) is 31.3 Å². The molecule has 134 valence electrons. The summed E-state index contributed by atoms with van der Waals surface area (Å²) >= 11 is 0.882. The average molecular weight is 365 g/mol. The lowest BCUT2D eigenvalue weighted by Gasteiger charge is -2.29. The molecule has 1 atom stereocenters. The predicted octanol–water partition coefficient (Wildman–Crippen LogP) is 1.07. The van der Waals surface area contributed by atoms with Crippen molar-refractivity contribution < 1.29 is 24.2 Å². The number of carbonyl (C=O) groups excluding carboxylic acids is 3. The fourth-order valence-electron chi connectivity index (χ4n) is 2.66. The van der Waals surface area contributed by atoms with Crippen molar-refractivity contribution in [3.63, 3.8) is 0 Å². The van der Waals surface area contributed by atoms with Gasteiger partial charge in [-0.3, -0.25) is 24.2 Å². The first kappa shape index (κ1) is 17.7. The Balaban J connectivity index is 1.55. The third kappa shape index (κ3) is 4.50. The summed E-state index contributed by atoms with van der Waals surface area (Å²) in [6, 6.07) is 6.15. The first-order valence-electron chi connectivity index (χ1n) is 7.94. The van der Waals surface area contributed by atoms with E-state index < -0.39 is 5.25 Å². The molecule has 1 aromatic rings. The molecule has 0 spiro atoms. The van der Waals surface area contributed by atoms with Crippen molar-refractivity contribution in [2.24, 2.45) is 0 Å². The van der Waals surface area contributed by atoms with Gasteiger partial charge in [0.2, 0.25) is 11.8 Å². The number of ether oxygens (including phenoxy) is 1. The molecule has 2 aliphatic heterocycles. The van der Waals surface area contributed by atoms with E-state index in [4.69, 9.17) is 4.74 Å². The van der Waals surface area contributed by atoms with Crippen molar-refractivity contribution in [2.75, 3.05) is 38.3 Å². The zero-order valence-electron chi connectivity index (χ0n) is 13.5. The van der Waals surface area contributed by atoms with Gasteiger partial charge in [0.25, 0.3) is 5.24 Å². The first-order chi connectivity index (χ1) is 12.0. The van der Waals surface area contributed by atoms with E-state index >= 15 is 0 Å². The predicted molar refractivity (Wildman–Crippen MR) is 92.2 cm³/mol. The van der Waals surface area contributed by atoms with Crippen molar-refractivity contribution in [2.45, 2.75) is 11.7 Å². The summed E-state index contributed by atoms with van der Waals surface area (Å²) in [5.74, 6) is -0.680. The number of phenolic OH excluding ortho intramolecular Hbond substituents is 1. The molecule has 2 heterocycles. The number of imide groups is 1. The molecule has 2 N–H and O–H groups in total. The summed E-state index contributed by atoms with van der Waals surface area (Å²) in [6.45, 7) is 2.74. The van der Waals surface area contributed by atoms with Crippen LogP contribution in [0.25, 0.3) is 0 Å². The van der Waals surface area contributed by atoms with Crippen LogP contribution < -0.4 is 5.32 Å². The summed E-state index contributed by atoms with van der Waals surface area (Å²) in [4.78, 5) is 39.8. The van der Waals surface area contributed by atoms with E-state index in [2.05, 4.69) is 5.32 Å². The molecule has 2 fully saturated rings. The number of thioether (sulfide) groups is 1. The van der Waals surface area contributed by atoms with Crippen molar-refractivity contribution in [1.82, 2.24) is 9.80 Å². The van der Waals surface area contributed by atoms with E-state index in [9.17, 15) is 19.5 Å². The Morgan fingerprint density at radius 2 is 2.08 bits per heavy atom. The number of hydrogen-bond acceptors (Lipinski definition) is 7. The number of nitrogens with one attached hydrogen (secondary N) is 1. The monoisotopic (exact) mass is 365 g/mol. The molecule has 0 aliphatic carbocycles. The molecule has 25 heavy (non-hydrogen) atoms. The second-order valence-electron chi connectivity index (χ2n) is 5.81. The molecule has 1 aromatic carbocycles. The van der Waals surface area contributed by atoms with Crippen molar-refractivity contribution in [3.05, 3.63) is 24.3 Å². The summed E-state index contributed by atoms with van der Waals surface area (Å²) in [5.41, 5.74) is 0.442. The van der Waals surface area contributed by atoms with Gasteiger partial charge in [-0.05, 0) is 12.1 Å². The highest BCUT2D eigenvalue weighted by Gasteiger charge is 2.41. The number of hydrogen-bond donors (Lipinski definition) is 2. The number of anilines is 1. The summed E-state index contributed by atoms with van der Waals surface area (Å²) in [7, 11) is 0. The SMILES string of the molecule is O=C(C[C@@H]1SC(=O)N(CN2CCOCC2)C1=O)Nc1cccc(O)c1. The Bertz CT molecular complexity index is 677. The number of benzene rings is 1. The van der Waals surface area contributed by atoms with Gasteiger partial charge >= 0.3 is 0 Å². The van der Waals surface area contributed by atoms with Gasteiger partial charge in [-0.1, -0.05) is 17.8 Å². The number of nitrogens with zero attached hydrogens (tertiary/aromatic N) is 2. The molecule has 0 radical (unpaired) electrons. The minimum atomic E-state index is -0.717. The highest BCUT2D eigenvalue weighted by molar-refractivity contribution is 8.15. The molecule has 3 rings (SSSR count). The number of rotatable bonds is 5. The van der Waals surface area contributed by atoms with Gasteiger partial charge in [0.1, 0.15) is 11.0 Å². The normalized spacial score (nSPS) is 21.6. The van der Waals surface area contributed by atoms with Crippen LogP contribution in [0.5, 0.6) is 5.75 Å². The lowest BCUT2D eigenvalue weighted by atomic mass is 10.2. The molecule has 8 nitrogen and oxygen atoms in total. The number of morpholine rings is 1. The molecule has 0 bridgehead atoms. The second-order valence-corrected chi connectivity index (χ2v) is 6.97. The van der Waals surface area contributed by atoms with Crippen molar-refractivity contribution in [3.8, 4) is 5.75 Å². The number of aromatic hydroxyl groups is 1. The fourth-order valence-corrected chi connectivity index (χ4v) is 3.64. The number of phenols is 1. The van der Waals surface area contributed by atoms with Crippen LogP contribution in [0.2, 0.25) is 0 Å². The number of amides is 3. The smallest absolute Gasteiger partial charge is 0.290 e. The van der Waals surface area contributed by atoms with Crippen LogP contribution in [0, 0.1) is 0 Å².